The van der Waals surface area contributed by atoms with Crippen molar-refractivity contribution in [3.05, 3.63) is 0 Å². The molecule has 0 unspecified atom stereocenters. The number of rotatable bonds is 31. The fourth-order valence-electron chi connectivity index (χ4n) is 9.69. The zero-order valence-electron chi connectivity index (χ0n) is 32.6. The third-order valence-electron chi connectivity index (χ3n) is 12.1. The van der Waals surface area contributed by atoms with E-state index in [4.69, 9.17) is 14.2 Å². The largest absolute Gasteiger partial charge is 0.508 e. The Morgan fingerprint density at radius 3 is 1.65 bits per heavy atom. The number of carbonyl (C=O) groups excluding carboxylic acids is 2. The van der Waals surface area contributed by atoms with E-state index in [0.717, 1.165) is 75.9 Å². The van der Waals surface area contributed by atoms with Gasteiger partial charge in [-0.05, 0) is 127 Å². The molecule has 4 fully saturated rings. The monoisotopic (exact) mass is 690 g/mol. The van der Waals surface area contributed by atoms with Gasteiger partial charge in [0.2, 0.25) is 0 Å². The van der Waals surface area contributed by atoms with E-state index in [-0.39, 0.29) is 17.5 Å². The minimum Gasteiger partial charge on any atom is -0.462 e. The Morgan fingerprint density at radius 2 is 1.10 bits per heavy atom. The van der Waals surface area contributed by atoms with Crippen molar-refractivity contribution in [3.63, 3.8) is 0 Å². The summed E-state index contributed by atoms with van der Waals surface area (Å²) in [6.45, 7) is 11.0. The van der Waals surface area contributed by atoms with Crippen LogP contribution in [0.4, 0.5) is 4.79 Å². The van der Waals surface area contributed by atoms with E-state index in [0.29, 0.717) is 19.6 Å². The molecule has 0 spiro atoms. The predicted octanol–water partition coefficient (Wildman–Crippen LogP) is 12.2. The molecule has 6 heteroatoms. The predicted molar refractivity (Wildman–Crippen MR) is 203 cm³/mol. The summed E-state index contributed by atoms with van der Waals surface area (Å²) in [6.07, 6.45) is 33.4. The van der Waals surface area contributed by atoms with Crippen LogP contribution in [0.3, 0.4) is 0 Å². The highest BCUT2D eigenvalue weighted by Gasteiger charge is 2.51. The van der Waals surface area contributed by atoms with Gasteiger partial charge in [-0.15, -0.1) is 0 Å². The van der Waals surface area contributed by atoms with Crippen LogP contribution in [0.25, 0.3) is 0 Å². The lowest BCUT2D eigenvalue weighted by atomic mass is 9.50. The third kappa shape index (κ3) is 18.2. The lowest BCUT2D eigenvalue weighted by Gasteiger charge is -2.56. The number of esters is 1. The highest BCUT2D eigenvalue weighted by Crippen LogP contribution is 2.60. The van der Waals surface area contributed by atoms with Crippen molar-refractivity contribution in [1.82, 2.24) is 4.90 Å². The number of unbranched alkanes of at least 4 members (excludes halogenated alkanes) is 15. The molecule has 6 nitrogen and oxygen atoms in total. The molecule has 0 aromatic rings. The minimum absolute atomic E-state index is 0.0268. The molecule has 0 atom stereocenters. The first-order valence-corrected chi connectivity index (χ1v) is 21.7. The molecule has 4 bridgehead atoms. The molecule has 0 N–H and O–H groups in total. The van der Waals surface area contributed by atoms with Crippen molar-refractivity contribution >= 4 is 12.1 Å². The molecule has 4 aliphatic rings. The Labute approximate surface area is 302 Å². The quantitative estimate of drug-likeness (QED) is 0.0533. The van der Waals surface area contributed by atoms with Crippen LogP contribution in [-0.2, 0) is 19.0 Å². The standard InChI is InChI=1S/C43H79NO5/c1-4-7-9-11-14-18-24-40(25-19-15-12-10-8-5-2)49-41(45)26-20-16-13-17-21-27-44(6-3)28-22-23-29-47-42(46)48-36-43-33-37-30-38(34-43)32-39(31-37)35-43/h37-40H,4-36H2,1-3H3. The highest BCUT2D eigenvalue weighted by molar-refractivity contribution is 5.69. The molecule has 0 amide bonds. The van der Waals surface area contributed by atoms with E-state index in [9.17, 15) is 9.59 Å². The van der Waals surface area contributed by atoms with Gasteiger partial charge in [0.25, 0.3) is 0 Å². The normalized spacial score (nSPS) is 22.7. The van der Waals surface area contributed by atoms with Crippen molar-refractivity contribution in [2.45, 2.75) is 207 Å². The van der Waals surface area contributed by atoms with Gasteiger partial charge >= 0.3 is 12.1 Å². The Morgan fingerprint density at radius 1 is 0.612 bits per heavy atom. The van der Waals surface area contributed by atoms with E-state index in [1.807, 2.05) is 0 Å². The molecular formula is C43H79NO5. The average Bonchev–Trinajstić information content (AvgIpc) is 3.08. The fraction of sp³-hybridized carbons (Fsp3) is 0.953. The van der Waals surface area contributed by atoms with Crippen LogP contribution in [-0.4, -0.2) is 56.0 Å². The molecule has 49 heavy (non-hydrogen) atoms. The first-order chi connectivity index (χ1) is 23.9. The second-order valence-electron chi connectivity index (χ2n) is 16.7. The average molecular weight is 690 g/mol. The maximum absolute atomic E-state index is 12.7. The van der Waals surface area contributed by atoms with Gasteiger partial charge in [0.1, 0.15) is 12.7 Å². The molecule has 0 aromatic heterocycles. The first kappa shape index (κ1) is 42.1. The lowest BCUT2D eigenvalue weighted by Crippen LogP contribution is -2.48. The Bertz CT molecular complexity index is 810. The molecule has 0 saturated heterocycles. The molecule has 4 aliphatic carbocycles. The van der Waals surface area contributed by atoms with Crippen molar-refractivity contribution in [3.8, 4) is 0 Å². The van der Waals surface area contributed by atoms with Gasteiger partial charge in [-0.1, -0.05) is 104 Å². The number of hydrogen-bond acceptors (Lipinski definition) is 6. The van der Waals surface area contributed by atoms with Gasteiger partial charge < -0.3 is 19.1 Å². The summed E-state index contributed by atoms with van der Waals surface area (Å²) in [5.74, 6) is 2.65. The zero-order chi connectivity index (χ0) is 35.0. The number of hydrogen-bond donors (Lipinski definition) is 0. The number of carbonyl (C=O) groups is 2. The second-order valence-corrected chi connectivity index (χ2v) is 16.7. The smallest absolute Gasteiger partial charge is 0.462 e. The molecule has 4 rings (SSSR count). The molecule has 0 aliphatic heterocycles. The zero-order valence-corrected chi connectivity index (χ0v) is 32.6. The van der Waals surface area contributed by atoms with Crippen molar-refractivity contribution in [1.29, 1.82) is 0 Å². The van der Waals surface area contributed by atoms with Crippen LogP contribution in [0.1, 0.15) is 201 Å². The Kier molecular flexibility index (Phi) is 22.0. The summed E-state index contributed by atoms with van der Waals surface area (Å²) in [7, 11) is 0. The summed E-state index contributed by atoms with van der Waals surface area (Å²) in [6, 6.07) is 0. The summed E-state index contributed by atoms with van der Waals surface area (Å²) < 4.78 is 17.1. The van der Waals surface area contributed by atoms with Crippen molar-refractivity contribution in [2.75, 3.05) is 32.8 Å². The van der Waals surface area contributed by atoms with Gasteiger partial charge in [0, 0.05) is 11.8 Å². The second kappa shape index (κ2) is 25.6. The number of nitrogens with zero attached hydrogens (tertiary/aromatic N) is 1. The van der Waals surface area contributed by atoms with Crippen LogP contribution >= 0.6 is 0 Å². The molecule has 0 heterocycles. The van der Waals surface area contributed by atoms with E-state index < -0.39 is 6.16 Å². The first-order valence-electron chi connectivity index (χ1n) is 21.7. The van der Waals surface area contributed by atoms with Crippen molar-refractivity contribution < 1.29 is 23.8 Å². The van der Waals surface area contributed by atoms with E-state index in [1.165, 1.54) is 135 Å². The van der Waals surface area contributed by atoms with Crippen LogP contribution < -0.4 is 0 Å². The van der Waals surface area contributed by atoms with E-state index >= 15 is 0 Å². The molecular weight excluding hydrogens is 610 g/mol. The summed E-state index contributed by atoms with van der Waals surface area (Å²) in [5.41, 5.74) is 0.254. The molecule has 286 valence electrons. The maximum atomic E-state index is 12.7. The summed E-state index contributed by atoms with van der Waals surface area (Å²) in [5, 5.41) is 0. The van der Waals surface area contributed by atoms with Crippen LogP contribution in [0.2, 0.25) is 0 Å². The van der Waals surface area contributed by atoms with E-state index in [2.05, 4.69) is 25.7 Å². The fourth-order valence-corrected chi connectivity index (χ4v) is 9.69. The highest BCUT2D eigenvalue weighted by atomic mass is 16.7. The maximum Gasteiger partial charge on any atom is 0.508 e. The topological polar surface area (TPSA) is 65.1 Å². The van der Waals surface area contributed by atoms with Crippen molar-refractivity contribution in [2.24, 2.45) is 23.2 Å². The van der Waals surface area contributed by atoms with Gasteiger partial charge in [0.15, 0.2) is 0 Å². The summed E-state index contributed by atoms with van der Waals surface area (Å²) >= 11 is 0. The molecule has 4 saturated carbocycles. The van der Waals surface area contributed by atoms with Crippen LogP contribution in [0.15, 0.2) is 0 Å². The van der Waals surface area contributed by atoms with Gasteiger partial charge in [0.05, 0.1) is 6.61 Å². The number of ether oxygens (including phenoxy) is 3. The van der Waals surface area contributed by atoms with Gasteiger partial charge in [-0.2, -0.15) is 0 Å². The molecule has 0 radical (unpaired) electrons. The van der Waals surface area contributed by atoms with Gasteiger partial charge in [-0.25, -0.2) is 4.79 Å². The third-order valence-corrected chi connectivity index (χ3v) is 12.1. The molecule has 0 aromatic carbocycles. The minimum atomic E-state index is -0.461. The Balaban J connectivity index is 1.15. The lowest BCUT2D eigenvalue weighted by molar-refractivity contribution is -0.150. The summed E-state index contributed by atoms with van der Waals surface area (Å²) in [4.78, 5) is 27.5. The SMILES string of the molecule is CCCCCCCCC(CCCCCCCC)OC(=O)CCCCCCCN(CC)CCCCOC(=O)OCC12CC3CC(CC(C3)C1)C2. The van der Waals surface area contributed by atoms with Crippen LogP contribution in [0, 0.1) is 23.2 Å². The van der Waals surface area contributed by atoms with Crippen LogP contribution in [0.5, 0.6) is 0 Å². The Hall–Kier alpha value is -1.30. The van der Waals surface area contributed by atoms with E-state index in [1.54, 1.807) is 0 Å². The van der Waals surface area contributed by atoms with Gasteiger partial charge in [-0.3, -0.25) is 4.79 Å².